The number of hydrogen-bond donors (Lipinski definition) is 1. The molecule has 1 fully saturated rings. The summed E-state index contributed by atoms with van der Waals surface area (Å²) in [4.78, 5) is 38.7. The predicted molar refractivity (Wildman–Crippen MR) is 181 cm³/mol. The quantitative estimate of drug-likeness (QED) is 0.148. The molecule has 3 amide bonds. The average molecular weight is 683 g/mol. The zero-order valence-corrected chi connectivity index (χ0v) is 27.6. The zero-order chi connectivity index (χ0) is 35.6. The van der Waals surface area contributed by atoms with E-state index < -0.39 is 41.4 Å². The second-order valence-corrected chi connectivity index (χ2v) is 11.8. The van der Waals surface area contributed by atoms with E-state index in [1.807, 2.05) is 74.5 Å². The molecule has 1 N–H and O–H groups in total. The maximum absolute atomic E-state index is 15.0. The minimum atomic E-state index is -4.90. The molecule has 1 aliphatic rings. The van der Waals surface area contributed by atoms with E-state index >= 15 is 4.79 Å². The topological polar surface area (TPSA) is 103 Å². The monoisotopic (exact) mass is 682 g/mol. The number of aromatic nitrogens is 2. The minimum Gasteiger partial charge on any atom is -0.497 e. The highest BCUT2D eigenvalue weighted by molar-refractivity contribution is 6.24. The first-order valence-corrected chi connectivity index (χ1v) is 15.7. The van der Waals surface area contributed by atoms with Crippen molar-refractivity contribution in [2.75, 3.05) is 19.1 Å². The molecule has 1 aliphatic heterocycles. The number of anilines is 1. The van der Waals surface area contributed by atoms with E-state index in [2.05, 4.69) is 20.0 Å². The molecule has 2 aromatic heterocycles. The normalized spacial score (nSPS) is 17.2. The number of ether oxygens (including phenoxy) is 3. The number of alkyl halides is 3. The second kappa shape index (κ2) is 13.5. The van der Waals surface area contributed by atoms with Gasteiger partial charge >= 0.3 is 12.4 Å². The smallest absolute Gasteiger partial charge is 0.497 e. The van der Waals surface area contributed by atoms with Crippen molar-refractivity contribution < 1.29 is 37.0 Å². The van der Waals surface area contributed by atoms with Crippen LogP contribution in [0.5, 0.6) is 17.2 Å². The fraction of sp³-hybridized carbons (Fsp3) is 0.211. The highest BCUT2D eigenvalue weighted by Crippen LogP contribution is 2.48. The molecular formula is C38H33F3N4O5. The molecule has 2 unspecified atom stereocenters. The Morgan fingerprint density at radius 2 is 1.12 bits per heavy atom. The van der Waals surface area contributed by atoms with Crippen LogP contribution < -0.4 is 24.4 Å². The van der Waals surface area contributed by atoms with E-state index in [9.17, 15) is 18.0 Å². The van der Waals surface area contributed by atoms with E-state index in [4.69, 9.17) is 9.47 Å². The van der Waals surface area contributed by atoms with Gasteiger partial charge in [-0.1, -0.05) is 38.1 Å². The number of benzene rings is 3. The van der Waals surface area contributed by atoms with Crippen LogP contribution in [0.4, 0.5) is 23.7 Å². The summed E-state index contributed by atoms with van der Waals surface area (Å²) < 4.78 is 53.3. The van der Waals surface area contributed by atoms with E-state index in [0.717, 1.165) is 50.4 Å². The van der Waals surface area contributed by atoms with Gasteiger partial charge in [0.25, 0.3) is 5.91 Å². The molecule has 0 saturated carbocycles. The van der Waals surface area contributed by atoms with Gasteiger partial charge in [-0.2, -0.15) is 0 Å². The summed E-state index contributed by atoms with van der Waals surface area (Å²) in [6.07, 6.45) is 1.77. The van der Waals surface area contributed by atoms with Crippen LogP contribution in [0.3, 0.4) is 0 Å². The van der Waals surface area contributed by atoms with Crippen LogP contribution in [0, 0.1) is 0 Å². The average Bonchev–Trinajstić information content (AvgIpc) is 3.40. The molecule has 1 saturated heterocycles. The Hall–Kier alpha value is -5.91. The number of rotatable bonds is 10. The lowest BCUT2D eigenvalue weighted by molar-refractivity contribution is -0.274. The Bertz CT molecular complexity index is 1900. The van der Waals surface area contributed by atoms with Gasteiger partial charge in [0.05, 0.1) is 19.9 Å². The standard InChI is InChI=1S/C38H33F3N4O5/c1-23(31-17-19-42-21-33(31)25-5-11-28(48-3)12-6-25)37(24(2)32-18-20-43-22-34(32)26-7-13-29(49-4)14-8-26)35(46)45(36(47)44-37)27-9-15-30(16-10-27)50-38(39,40)41/h5-24H,1-4H3,(H,44,47). The van der Waals surface area contributed by atoms with E-state index in [1.165, 1.54) is 12.1 Å². The summed E-state index contributed by atoms with van der Waals surface area (Å²) in [5.41, 5.74) is 3.09. The fourth-order valence-electron chi connectivity index (χ4n) is 6.64. The Morgan fingerprint density at radius 1 is 0.680 bits per heavy atom. The molecule has 5 aromatic rings. The first kappa shape index (κ1) is 34.0. The van der Waals surface area contributed by atoms with Crippen molar-refractivity contribution in [3.8, 4) is 39.5 Å². The highest BCUT2D eigenvalue weighted by Gasteiger charge is 2.59. The van der Waals surface area contributed by atoms with Gasteiger partial charge in [-0.05, 0) is 82.9 Å². The van der Waals surface area contributed by atoms with Crippen LogP contribution in [0.25, 0.3) is 22.3 Å². The molecule has 0 spiro atoms. The lowest BCUT2D eigenvalue weighted by Gasteiger charge is -2.40. The SMILES string of the molecule is COc1ccc(-c2cnccc2C(C)C2(C(C)c3ccncc3-c3ccc(OC)cc3)NC(=O)N(c3ccc(OC(F)(F)F)cc3)C2=O)cc1. The number of carbonyl (C=O) groups is 2. The first-order chi connectivity index (χ1) is 24.0. The largest absolute Gasteiger partial charge is 0.573 e. The Kier molecular flexibility index (Phi) is 9.20. The summed E-state index contributed by atoms with van der Waals surface area (Å²) in [7, 11) is 3.15. The van der Waals surface area contributed by atoms with Crippen molar-refractivity contribution in [3.05, 3.63) is 121 Å². The van der Waals surface area contributed by atoms with Crippen molar-refractivity contribution in [2.24, 2.45) is 0 Å². The zero-order valence-electron chi connectivity index (χ0n) is 27.6. The van der Waals surface area contributed by atoms with Gasteiger partial charge in [-0.3, -0.25) is 14.8 Å². The summed E-state index contributed by atoms with van der Waals surface area (Å²) in [5.74, 6) is -1.05. The van der Waals surface area contributed by atoms with E-state index in [0.29, 0.717) is 11.5 Å². The molecule has 9 nitrogen and oxygen atoms in total. The van der Waals surface area contributed by atoms with Crippen molar-refractivity contribution >= 4 is 17.6 Å². The third-order valence-electron chi connectivity index (χ3n) is 9.21. The van der Waals surface area contributed by atoms with Crippen molar-refractivity contribution in [1.82, 2.24) is 15.3 Å². The number of methoxy groups -OCH3 is 2. The van der Waals surface area contributed by atoms with Gasteiger partial charge in [0.15, 0.2) is 0 Å². The molecule has 0 radical (unpaired) electrons. The molecular weight excluding hydrogens is 649 g/mol. The van der Waals surface area contributed by atoms with Crippen molar-refractivity contribution in [1.29, 1.82) is 0 Å². The van der Waals surface area contributed by atoms with Gasteiger partial charge in [0, 0.05) is 47.8 Å². The lowest BCUT2D eigenvalue weighted by atomic mass is 9.68. The molecule has 3 aromatic carbocycles. The van der Waals surface area contributed by atoms with Crippen LogP contribution in [0.15, 0.2) is 110 Å². The maximum atomic E-state index is 15.0. The number of carbonyl (C=O) groups excluding carboxylic acids is 2. The molecule has 256 valence electrons. The van der Waals surface area contributed by atoms with Crippen LogP contribution in [-0.4, -0.2) is 48.0 Å². The predicted octanol–water partition coefficient (Wildman–Crippen LogP) is 8.13. The Balaban J connectivity index is 1.50. The number of imide groups is 1. The maximum Gasteiger partial charge on any atom is 0.573 e. The molecule has 6 rings (SSSR count). The third-order valence-corrected chi connectivity index (χ3v) is 9.21. The highest BCUT2D eigenvalue weighted by atomic mass is 19.4. The van der Waals surface area contributed by atoms with Crippen LogP contribution in [-0.2, 0) is 4.79 Å². The molecule has 0 bridgehead atoms. The molecule has 3 heterocycles. The fourth-order valence-corrected chi connectivity index (χ4v) is 6.64. The van der Waals surface area contributed by atoms with Crippen LogP contribution in [0.1, 0.15) is 36.8 Å². The number of nitrogens with zero attached hydrogens (tertiary/aromatic N) is 3. The number of nitrogens with one attached hydrogen (secondary N) is 1. The van der Waals surface area contributed by atoms with Gasteiger partial charge < -0.3 is 19.5 Å². The van der Waals surface area contributed by atoms with Gasteiger partial charge in [-0.15, -0.1) is 13.2 Å². The number of halogens is 3. The van der Waals surface area contributed by atoms with Crippen molar-refractivity contribution in [2.45, 2.75) is 37.6 Å². The van der Waals surface area contributed by atoms with E-state index in [1.54, 1.807) is 39.0 Å². The molecule has 2 atom stereocenters. The minimum absolute atomic E-state index is 0.0820. The first-order valence-electron chi connectivity index (χ1n) is 15.7. The molecule has 12 heteroatoms. The number of pyridine rings is 2. The summed E-state index contributed by atoms with van der Waals surface area (Å²) in [6.45, 7) is 3.74. The summed E-state index contributed by atoms with van der Waals surface area (Å²) >= 11 is 0. The van der Waals surface area contributed by atoms with Crippen LogP contribution >= 0.6 is 0 Å². The van der Waals surface area contributed by atoms with E-state index in [-0.39, 0.29) is 5.69 Å². The number of urea groups is 1. The van der Waals surface area contributed by atoms with Gasteiger partial charge in [0.2, 0.25) is 0 Å². The molecule has 0 aliphatic carbocycles. The third kappa shape index (κ3) is 6.31. The summed E-state index contributed by atoms with van der Waals surface area (Å²) in [5, 5.41) is 3.05. The number of hydrogen-bond acceptors (Lipinski definition) is 7. The van der Waals surface area contributed by atoms with Crippen molar-refractivity contribution in [3.63, 3.8) is 0 Å². The van der Waals surface area contributed by atoms with Gasteiger partial charge in [-0.25, -0.2) is 9.69 Å². The molecule has 50 heavy (non-hydrogen) atoms. The van der Waals surface area contributed by atoms with Crippen LogP contribution in [0.2, 0.25) is 0 Å². The Labute approximate surface area is 286 Å². The second-order valence-electron chi connectivity index (χ2n) is 11.8. The number of amides is 3. The Morgan fingerprint density at radius 3 is 1.54 bits per heavy atom. The van der Waals surface area contributed by atoms with Gasteiger partial charge in [0.1, 0.15) is 22.8 Å². The lowest BCUT2D eigenvalue weighted by Crippen LogP contribution is -2.55. The summed E-state index contributed by atoms with van der Waals surface area (Å²) in [6, 6.07) is 22.4.